The fourth-order valence-electron chi connectivity index (χ4n) is 4.30. The Labute approximate surface area is 186 Å². The lowest BCUT2D eigenvalue weighted by atomic mass is 10.2. The lowest BCUT2D eigenvalue weighted by Gasteiger charge is -2.28. The molecule has 1 saturated heterocycles. The first-order valence-corrected chi connectivity index (χ1v) is 12.8. The Morgan fingerprint density at radius 1 is 1.09 bits per heavy atom. The van der Waals surface area contributed by atoms with Crippen molar-refractivity contribution in [2.24, 2.45) is 0 Å². The number of fused-ring (bicyclic) bond motifs is 1. The molecule has 1 saturated carbocycles. The number of nitrogens with one attached hydrogen (secondary N) is 3. The van der Waals surface area contributed by atoms with Crippen LogP contribution in [-0.4, -0.2) is 67.2 Å². The lowest BCUT2D eigenvalue weighted by molar-refractivity contribution is 0.122. The van der Waals surface area contributed by atoms with Crippen molar-refractivity contribution in [3.8, 4) is 0 Å². The molecule has 11 heteroatoms. The van der Waals surface area contributed by atoms with E-state index in [4.69, 9.17) is 4.74 Å². The first-order valence-electron chi connectivity index (χ1n) is 10.9. The van der Waals surface area contributed by atoms with Crippen LogP contribution in [0, 0.1) is 0 Å². The number of benzene rings is 1. The van der Waals surface area contributed by atoms with Crippen LogP contribution in [-0.2, 0) is 14.6 Å². The number of morpholine rings is 1. The summed E-state index contributed by atoms with van der Waals surface area (Å²) in [5.41, 5.74) is 2.37. The zero-order chi connectivity index (χ0) is 22.1. The first kappa shape index (κ1) is 21.0. The number of anilines is 4. The van der Waals surface area contributed by atoms with Gasteiger partial charge in [0.1, 0.15) is 11.2 Å². The van der Waals surface area contributed by atoms with Gasteiger partial charge in [-0.2, -0.15) is 15.1 Å². The topological polar surface area (TPSA) is 125 Å². The van der Waals surface area contributed by atoms with E-state index in [1.54, 1.807) is 0 Å². The van der Waals surface area contributed by atoms with Gasteiger partial charge in [0.15, 0.2) is 20.5 Å². The quantitative estimate of drug-likeness (QED) is 0.512. The van der Waals surface area contributed by atoms with Crippen molar-refractivity contribution in [3.05, 3.63) is 24.3 Å². The maximum absolute atomic E-state index is 12.2. The van der Waals surface area contributed by atoms with Gasteiger partial charge in [-0.05, 0) is 37.1 Å². The molecule has 10 nitrogen and oxygen atoms in total. The maximum Gasteiger partial charge on any atom is 0.231 e. The number of nitrogens with zero attached hydrogens (tertiary/aromatic N) is 4. The predicted molar refractivity (Wildman–Crippen MR) is 123 cm³/mol. The molecule has 170 valence electrons. The third kappa shape index (κ3) is 4.35. The predicted octanol–water partition coefficient (Wildman–Crippen LogP) is 2.69. The molecule has 0 spiro atoms. The Bertz CT molecular complexity index is 1200. The Morgan fingerprint density at radius 2 is 1.81 bits per heavy atom. The van der Waals surface area contributed by atoms with Crippen LogP contribution in [0.3, 0.4) is 0 Å². The first-order chi connectivity index (χ1) is 15.5. The average Bonchev–Trinajstić information content (AvgIpc) is 3.45. The molecule has 2 aliphatic rings. The number of hydrogen-bond acceptors (Lipinski definition) is 9. The summed E-state index contributed by atoms with van der Waals surface area (Å²) in [5.74, 6) is 0.865. The number of aromatic nitrogens is 4. The molecule has 3 N–H and O–H groups in total. The zero-order valence-corrected chi connectivity index (χ0v) is 18.8. The number of ether oxygens (including phenoxy) is 1. The molecular weight excluding hydrogens is 430 g/mol. The minimum atomic E-state index is -3.53. The SMILES string of the molecule is CS(=O)(=O)c1n[nH]c2nc(Nc3ccc(N4CCOCC4)cc3)nc(NC3CCCC3)c12. The monoisotopic (exact) mass is 457 g/mol. The summed E-state index contributed by atoms with van der Waals surface area (Å²) >= 11 is 0. The highest BCUT2D eigenvalue weighted by Gasteiger charge is 2.24. The molecule has 0 bridgehead atoms. The third-order valence-electron chi connectivity index (χ3n) is 5.93. The highest BCUT2D eigenvalue weighted by Crippen LogP contribution is 2.31. The van der Waals surface area contributed by atoms with Crippen LogP contribution in [0.2, 0.25) is 0 Å². The largest absolute Gasteiger partial charge is 0.378 e. The van der Waals surface area contributed by atoms with E-state index in [1.165, 1.54) is 0 Å². The maximum atomic E-state index is 12.2. The number of H-pyrrole nitrogens is 1. The van der Waals surface area contributed by atoms with Crippen molar-refractivity contribution in [1.29, 1.82) is 0 Å². The van der Waals surface area contributed by atoms with Gasteiger partial charge in [0.2, 0.25) is 5.95 Å². The molecule has 0 unspecified atom stereocenters. The van der Waals surface area contributed by atoms with E-state index in [9.17, 15) is 8.42 Å². The molecule has 3 heterocycles. The van der Waals surface area contributed by atoms with Crippen LogP contribution in [0.15, 0.2) is 29.3 Å². The van der Waals surface area contributed by atoms with Crippen LogP contribution >= 0.6 is 0 Å². The van der Waals surface area contributed by atoms with E-state index in [-0.39, 0.29) is 11.1 Å². The van der Waals surface area contributed by atoms with Crippen LogP contribution in [0.5, 0.6) is 0 Å². The molecule has 1 aliphatic heterocycles. The highest BCUT2D eigenvalue weighted by molar-refractivity contribution is 7.90. The van der Waals surface area contributed by atoms with E-state index < -0.39 is 9.84 Å². The van der Waals surface area contributed by atoms with Gasteiger partial charge in [-0.1, -0.05) is 12.8 Å². The minimum absolute atomic E-state index is 0.0330. The molecule has 2 aromatic heterocycles. The summed E-state index contributed by atoms with van der Waals surface area (Å²) in [4.78, 5) is 11.4. The normalized spacial score (nSPS) is 17.7. The molecule has 0 radical (unpaired) electrons. The summed E-state index contributed by atoms with van der Waals surface area (Å²) in [5, 5.41) is 13.8. The summed E-state index contributed by atoms with van der Waals surface area (Å²) in [6.07, 6.45) is 5.50. The van der Waals surface area contributed by atoms with Gasteiger partial charge >= 0.3 is 0 Å². The van der Waals surface area contributed by atoms with Crippen molar-refractivity contribution >= 4 is 44.0 Å². The molecule has 1 aliphatic carbocycles. The second-order valence-corrected chi connectivity index (χ2v) is 10.2. The minimum Gasteiger partial charge on any atom is -0.378 e. The highest BCUT2D eigenvalue weighted by atomic mass is 32.2. The molecule has 0 amide bonds. The Balaban J connectivity index is 1.44. The summed E-state index contributed by atoms with van der Waals surface area (Å²) in [6, 6.07) is 8.34. The van der Waals surface area contributed by atoms with Gasteiger partial charge in [-0.15, -0.1) is 0 Å². The smallest absolute Gasteiger partial charge is 0.231 e. The van der Waals surface area contributed by atoms with Crippen molar-refractivity contribution in [2.75, 3.05) is 48.1 Å². The zero-order valence-electron chi connectivity index (χ0n) is 18.0. The van der Waals surface area contributed by atoms with E-state index in [0.717, 1.165) is 69.6 Å². The second kappa shape index (κ2) is 8.55. The van der Waals surface area contributed by atoms with E-state index in [1.807, 2.05) is 12.1 Å². The molecule has 2 fully saturated rings. The number of rotatable bonds is 6. The van der Waals surface area contributed by atoms with E-state index in [0.29, 0.717) is 22.8 Å². The van der Waals surface area contributed by atoms with Crippen molar-refractivity contribution in [2.45, 2.75) is 36.8 Å². The van der Waals surface area contributed by atoms with Gasteiger partial charge in [-0.3, -0.25) is 5.10 Å². The molecule has 5 rings (SSSR count). The van der Waals surface area contributed by atoms with Gasteiger partial charge in [-0.25, -0.2) is 8.42 Å². The number of hydrogen-bond donors (Lipinski definition) is 3. The average molecular weight is 458 g/mol. The summed E-state index contributed by atoms with van der Waals surface area (Å²) < 4.78 is 29.9. The summed E-state index contributed by atoms with van der Waals surface area (Å²) in [6.45, 7) is 3.24. The van der Waals surface area contributed by atoms with E-state index in [2.05, 4.69) is 47.8 Å². The molecule has 0 atom stereocenters. The Morgan fingerprint density at radius 3 is 2.50 bits per heavy atom. The van der Waals surface area contributed by atoms with Crippen LogP contribution in [0.25, 0.3) is 11.0 Å². The van der Waals surface area contributed by atoms with Crippen molar-refractivity contribution in [3.63, 3.8) is 0 Å². The number of sulfone groups is 1. The van der Waals surface area contributed by atoms with Crippen molar-refractivity contribution in [1.82, 2.24) is 20.2 Å². The van der Waals surface area contributed by atoms with Crippen LogP contribution in [0.1, 0.15) is 25.7 Å². The van der Waals surface area contributed by atoms with Crippen LogP contribution < -0.4 is 15.5 Å². The van der Waals surface area contributed by atoms with Gasteiger partial charge < -0.3 is 20.3 Å². The fourth-order valence-corrected chi connectivity index (χ4v) is 5.08. The second-order valence-electron chi connectivity index (χ2n) is 8.32. The standard InChI is InChI=1S/C21H27N7O3S/c1-32(29,30)20-17-18(22-14-4-2-3-5-14)24-21(25-19(17)26-27-20)23-15-6-8-16(9-7-15)28-10-12-31-13-11-28/h6-9,14H,2-5,10-13H2,1H3,(H3,22,23,24,25,26,27). The molecule has 3 aromatic rings. The van der Waals surface area contributed by atoms with Crippen LogP contribution in [0.4, 0.5) is 23.1 Å². The molecule has 1 aromatic carbocycles. The number of aromatic amines is 1. The summed E-state index contributed by atoms with van der Waals surface area (Å²) in [7, 11) is -3.53. The van der Waals surface area contributed by atoms with Crippen molar-refractivity contribution < 1.29 is 13.2 Å². The molecular formula is C21H27N7O3S. The Kier molecular flexibility index (Phi) is 5.60. The van der Waals surface area contributed by atoms with Gasteiger partial charge in [0.05, 0.1) is 13.2 Å². The third-order valence-corrected chi connectivity index (χ3v) is 6.93. The fraction of sp³-hybridized carbons (Fsp3) is 0.476. The Hall–Kier alpha value is -2.92. The lowest BCUT2D eigenvalue weighted by Crippen LogP contribution is -2.36. The van der Waals surface area contributed by atoms with Gasteiger partial charge in [0, 0.05) is 36.8 Å². The van der Waals surface area contributed by atoms with E-state index >= 15 is 0 Å². The van der Waals surface area contributed by atoms with Gasteiger partial charge in [0.25, 0.3) is 0 Å². The molecule has 32 heavy (non-hydrogen) atoms.